The fraction of sp³-hybridized carbons (Fsp3) is 0.366. The van der Waals surface area contributed by atoms with E-state index in [1.165, 1.54) is 6.92 Å². The van der Waals surface area contributed by atoms with Crippen LogP contribution >= 0.6 is 0 Å². The molecular formula is C41H46F3N7O7. The average Bonchev–Trinajstić information content (AvgIpc) is 3.61. The Balaban J connectivity index is 0.000000839. The van der Waals surface area contributed by atoms with Crippen LogP contribution in [0.25, 0.3) is 10.9 Å². The van der Waals surface area contributed by atoms with E-state index in [1.807, 2.05) is 96.0 Å². The lowest BCUT2D eigenvalue weighted by Crippen LogP contribution is -2.60. The highest BCUT2D eigenvalue weighted by molar-refractivity contribution is 5.95. The lowest BCUT2D eigenvalue weighted by atomic mass is 10.00. The van der Waals surface area contributed by atoms with Crippen LogP contribution < -0.4 is 21.3 Å². The Morgan fingerprint density at radius 2 is 1.28 bits per heavy atom. The molecule has 0 aliphatic carbocycles. The number of carbonyl (C=O) groups is 6. The summed E-state index contributed by atoms with van der Waals surface area (Å²) in [6, 6.07) is 23.5. The van der Waals surface area contributed by atoms with E-state index in [2.05, 4.69) is 26.3 Å². The van der Waals surface area contributed by atoms with Gasteiger partial charge in [0.25, 0.3) is 0 Å². The van der Waals surface area contributed by atoms with Crippen LogP contribution in [0.2, 0.25) is 0 Å². The maximum absolute atomic E-state index is 14.2. The van der Waals surface area contributed by atoms with Gasteiger partial charge in [-0.2, -0.15) is 13.2 Å². The number of benzene rings is 3. The number of fused-ring (bicyclic) bond motifs is 1. The number of carboxylic acid groups (broad SMARTS) is 1. The van der Waals surface area contributed by atoms with Crippen molar-refractivity contribution in [1.82, 2.24) is 36.1 Å². The van der Waals surface area contributed by atoms with Crippen LogP contribution in [0, 0.1) is 0 Å². The number of nitrogens with one attached hydrogen (secondary N) is 5. The van der Waals surface area contributed by atoms with Gasteiger partial charge in [0.05, 0.1) is 18.5 Å². The van der Waals surface area contributed by atoms with Gasteiger partial charge in [-0.25, -0.2) is 4.79 Å². The molecule has 0 radical (unpaired) electrons. The first-order chi connectivity index (χ1) is 27.7. The molecule has 6 rings (SSSR count). The van der Waals surface area contributed by atoms with Gasteiger partial charge in [0.2, 0.25) is 29.5 Å². The number of hydrogen-bond acceptors (Lipinski definition) is 7. The molecule has 0 spiro atoms. The number of halogens is 3. The molecule has 17 heteroatoms. The van der Waals surface area contributed by atoms with Crippen molar-refractivity contribution >= 4 is 46.4 Å². The maximum atomic E-state index is 14.2. The molecule has 58 heavy (non-hydrogen) atoms. The number of carbonyl (C=O) groups excluding carboxylic acids is 5. The molecule has 308 valence electrons. The van der Waals surface area contributed by atoms with Gasteiger partial charge in [0.15, 0.2) is 0 Å². The van der Waals surface area contributed by atoms with Crippen molar-refractivity contribution < 1.29 is 47.0 Å². The molecule has 2 aliphatic heterocycles. The SMILES string of the molecule is CC(=O)N1CCN([C@@H]2CC(=O)N[C@@H](Cc3c[nH]c4ccccc34)C(=O)N[C@@H](Cc3ccccc3)C(=O)N[C@H](Cc3ccccc3)CNC2=O)CC1.O=C(O)C(F)(F)F. The second kappa shape index (κ2) is 19.8. The molecule has 0 saturated carbocycles. The number of alkyl halides is 3. The number of aromatic nitrogens is 1. The van der Waals surface area contributed by atoms with Crippen molar-refractivity contribution in [2.45, 2.75) is 63.0 Å². The number of carboxylic acids is 1. The average molecular weight is 806 g/mol. The molecule has 2 aliphatic rings. The monoisotopic (exact) mass is 805 g/mol. The minimum absolute atomic E-state index is 0.0425. The Bertz CT molecular complexity index is 2050. The third-order valence-corrected chi connectivity index (χ3v) is 9.98. The standard InChI is InChI=1S/C39H45N7O5.C2HF3O2/c1-26(47)45-16-18-46(19-17-45)35-23-36(48)43-34(22-29-24-40-32-15-9-8-14-31(29)32)38(50)44-33(21-28-12-6-3-7-13-28)37(49)42-30(25-41-39(35)51)20-27-10-4-2-5-11-27;3-2(4,5)1(6)7/h2-15,24,30,33-35,40H,16-23,25H2,1H3,(H,41,51)(H,42,49)(H,43,48)(H,44,50);(H,6,7)/t30-,33+,34+,35-;/m1./s1. The highest BCUT2D eigenvalue weighted by Crippen LogP contribution is 2.20. The van der Waals surface area contributed by atoms with Gasteiger partial charge in [0, 0.05) is 69.6 Å². The number of para-hydroxylation sites is 1. The second-order valence-corrected chi connectivity index (χ2v) is 14.1. The largest absolute Gasteiger partial charge is 0.490 e. The molecule has 4 aromatic rings. The van der Waals surface area contributed by atoms with Crippen LogP contribution in [0.1, 0.15) is 30.0 Å². The number of hydrogen-bond donors (Lipinski definition) is 6. The summed E-state index contributed by atoms with van der Waals surface area (Å²) in [5.41, 5.74) is 3.55. The Morgan fingerprint density at radius 1 is 0.724 bits per heavy atom. The summed E-state index contributed by atoms with van der Waals surface area (Å²) < 4.78 is 31.7. The Hall–Kier alpha value is -6.23. The first-order valence-corrected chi connectivity index (χ1v) is 18.8. The smallest absolute Gasteiger partial charge is 0.475 e. The van der Waals surface area contributed by atoms with Crippen LogP contribution in [0.4, 0.5) is 13.2 Å². The minimum atomic E-state index is -5.08. The molecule has 4 atom stereocenters. The Morgan fingerprint density at radius 3 is 1.88 bits per heavy atom. The van der Waals surface area contributed by atoms with E-state index in [-0.39, 0.29) is 37.6 Å². The van der Waals surface area contributed by atoms with Crippen LogP contribution in [0.3, 0.4) is 0 Å². The number of aromatic amines is 1. The summed E-state index contributed by atoms with van der Waals surface area (Å²) in [7, 11) is 0. The molecule has 5 amide bonds. The van der Waals surface area contributed by atoms with Crippen LogP contribution in [-0.2, 0) is 48.0 Å². The Labute approximate surface area is 332 Å². The van der Waals surface area contributed by atoms with Crippen LogP contribution in [0.15, 0.2) is 91.1 Å². The summed E-state index contributed by atoms with van der Waals surface area (Å²) in [5.74, 6) is -4.52. The zero-order valence-electron chi connectivity index (χ0n) is 31.8. The fourth-order valence-electron chi connectivity index (χ4n) is 6.94. The van der Waals surface area contributed by atoms with Crippen molar-refractivity contribution in [2.75, 3.05) is 32.7 Å². The number of amides is 5. The molecule has 3 aromatic carbocycles. The van der Waals surface area contributed by atoms with Crippen molar-refractivity contribution in [2.24, 2.45) is 0 Å². The van der Waals surface area contributed by atoms with Crippen molar-refractivity contribution in [3.8, 4) is 0 Å². The summed E-state index contributed by atoms with van der Waals surface area (Å²) in [4.78, 5) is 83.9. The molecule has 6 N–H and O–H groups in total. The molecule has 1 aromatic heterocycles. The van der Waals surface area contributed by atoms with Crippen molar-refractivity contribution in [3.63, 3.8) is 0 Å². The van der Waals surface area contributed by atoms with Gasteiger partial charge in [0.1, 0.15) is 12.1 Å². The maximum Gasteiger partial charge on any atom is 0.490 e. The molecule has 2 saturated heterocycles. The van der Waals surface area contributed by atoms with E-state index in [0.29, 0.717) is 32.6 Å². The molecule has 14 nitrogen and oxygen atoms in total. The molecular weight excluding hydrogens is 759 g/mol. The highest BCUT2D eigenvalue weighted by atomic mass is 19.4. The third kappa shape index (κ3) is 12.1. The molecule has 2 fully saturated rings. The lowest BCUT2D eigenvalue weighted by molar-refractivity contribution is -0.192. The molecule has 0 unspecified atom stereocenters. The lowest BCUT2D eigenvalue weighted by Gasteiger charge is -2.38. The van der Waals surface area contributed by atoms with Crippen molar-refractivity contribution in [1.29, 1.82) is 0 Å². The Kier molecular flexibility index (Phi) is 14.6. The normalized spacial score (nSPS) is 21.3. The number of piperazine rings is 1. The predicted octanol–water partition coefficient (Wildman–Crippen LogP) is 2.34. The van der Waals surface area contributed by atoms with E-state index in [9.17, 15) is 37.1 Å². The first-order valence-electron chi connectivity index (χ1n) is 18.8. The number of rotatable bonds is 7. The van der Waals surface area contributed by atoms with E-state index in [1.54, 1.807) is 4.90 Å². The zero-order valence-corrected chi connectivity index (χ0v) is 31.8. The van der Waals surface area contributed by atoms with E-state index in [0.717, 1.165) is 27.6 Å². The summed E-state index contributed by atoms with van der Waals surface area (Å²) in [6.45, 7) is 3.32. The van der Waals surface area contributed by atoms with Gasteiger partial charge in [-0.1, -0.05) is 78.9 Å². The molecule has 0 bridgehead atoms. The van der Waals surface area contributed by atoms with Crippen LogP contribution in [-0.4, -0.2) is 118 Å². The van der Waals surface area contributed by atoms with Gasteiger partial charge in [-0.3, -0.25) is 28.9 Å². The summed E-state index contributed by atoms with van der Waals surface area (Å²) >= 11 is 0. The van der Waals surface area contributed by atoms with Gasteiger partial charge >= 0.3 is 12.1 Å². The predicted molar refractivity (Wildman–Crippen MR) is 207 cm³/mol. The van der Waals surface area contributed by atoms with Gasteiger partial charge in [-0.05, 0) is 29.2 Å². The van der Waals surface area contributed by atoms with Crippen molar-refractivity contribution in [3.05, 3.63) is 108 Å². The third-order valence-electron chi connectivity index (χ3n) is 9.98. The summed E-state index contributed by atoms with van der Waals surface area (Å²) in [6.07, 6.45) is -2.63. The number of H-pyrrole nitrogens is 1. The number of aliphatic carboxylic acids is 1. The quantitative estimate of drug-likeness (QED) is 0.164. The van der Waals surface area contributed by atoms with E-state index in [4.69, 9.17) is 9.90 Å². The summed E-state index contributed by atoms with van der Waals surface area (Å²) in [5, 5.41) is 20.1. The zero-order chi connectivity index (χ0) is 41.8. The minimum Gasteiger partial charge on any atom is -0.475 e. The highest BCUT2D eigenvalue weighted by Gasteiger charge is 2.38. The van der Waals surface area contributed by atoms with E-state index >= 15 is 0 Å². The van der Waals surface area contributed by atoms with Gasteiger partial charge in [-0.15, -0.1) is 0 Å². The van der Waals surface area contributed by atoms with Crippen LogP contribution in [0.5, 0.6) is 0 Å². The van der Waals surface area contributed by atoms with E-state index < -0.39 is 54.0 Å². The number of nitrogens with zero attached hydrogens (tertiary/aromatic N) is 2. The second-order valence-electron chi connectivity index (χ2n) is 14.1. The molecule has 3 heterocycles. The first kappa shape index (κ1) is 42.9. The van der Waals surface area contributed by atoms with Gasteiger partial charge < -0.3 is 36.3 Å². The fourth-order valence-corrected chi connectivity index (χ4v) is 6.94. The topological polar surface area (TPSA) is 193 Å².